The summed E-state index contributed by atoms with van der Waals surface area (Å²) < 4.78 is 29.0. The number of methoxy groups -OCH3 is 1. The number of carbonyl (C=O) groups is 2. The molecule has 2 aromatic carbocycles. The number of halogens is 1. The lowest BCUT2D eigenvalue weighted by atomic mass is 10.1. The van der Waals surface area contributed by atoms with Gasteiger partial charge in [0.1, 0.15) is 12.4 Å². The summed E-state index contributed by atoms with van der Waals surface area (Å²) in [7, 11) is 1.55. The summed E-state index contributed by atoms with van der Waals surface area (Å²) >= 11 is 0. The molecule has 0 saturated carbocycles. The first-order valence-corrected chi connectivity index (χ1v) is 8.51. The van der Waals surface area contributed by atoms with Gasteiger partial charge in [-0.15, -0.1) is 0 Å². The standard InChI is InChI=1S/C20H22FNO5/c1-25-17-8-4-5-9-18(17)26-13-12-22-19(23)14-27-20(24)11-10-15-6-2-3-7-16(15)21/h2-9H,10-14H2,1H3,(H,22,23). The van der Waals surface area contributed by atoms with Crippen LogP contribution in [0.2, 0.25) is 0 Å². The molecule has 7 heteroatoms. The molecule has 2 aromatic rings. The zero-order chi connectivity index (χ0) is 19.5. The van der Waals surface area contributed by atoms with Gasteiger partial charge in [0.15, 0.2) is 18.1 Å². The van der Waals surface area contributed by atoms with Crippen molar-refractivity contribution in [2.45, 2.75) is 12.8 Å². The van der Waals surface area contributed by atoms with Crippen LogP contribution in [0.1, 0.15) is 12.0 Å². The van der Waals surface area contributed by atoms with E-state index in [4.69, 9.17) is 14.2 Å². The highest BCUT2D eigenvalue weighted by molar-refractivity contribution is 5.80. The van der Waals surface area contributed by atoms with Crippen LogP contribution in [-0.2, 0) is 20.7 Å². The number of para-hydroxylation sites is 2. The van der Waals surface area contributed by atoms with Crippen LogP contribution in [0.5, 0.6) is 11.5 Å². The number of carbonyl (C=O) groups excluding carboxylic acids is 2. The molecule has 144 valence electrons. The number of esters is 1. The molecule has 0 aromatic heterocycles. The second-order valence-electron chi connectivity index (χ2n) is 5.60. The van der Waals surface area contributed by atoms with Gasteiger partial charge in [0.25, 0.3) is 5.91 Å². The molecule has 0 atom stereocenters. The Bertz CT molecular complexity index is 766. The normalized spacial score (nSPS) is 10.1. The summed E-state index contributed by atoms with van der Waals surface area (Å²) in [5, 5.41) is 2.59. The van der Waals surface area contributed by atoms with Crippen molar-refractivity contribution in [2.24, 2.45) is 0 Å². The highest BCUT2D eigenvalue weighted by atomic mass is 19.1. The molecule has 0 aliphatic carbocycles. The van der Waals surface area contributed by atoms with Gasteiger partial charge in [0, 0.05) is 6.42 Å². The van der Waals surface area contributed by atoms with Gasteiger partial charge >= 0.3 is 5.97 Å². The number of amides is 1. The smallest absolute Gasteiger partial charge is 0.306 e. The van der Waals surface area contributed by atoms with Crippen LogP contribution in [0.4, 0.5) is 4.39 Å². The van der Waals surface area contributed by atoms with Crippen molar-refractivity contribution in [3.63, 3.8) is 0 Å². The minimum Gasteiger partial charge on any atom is -0.493 e. The molecule has 0 heterocycles. The fourth-order valence-electron chi connectivity index (χ4n) is 2.30. The number of hydrogen-bond acceptors (Lipinski definition) is 5. The predicted octanol–water partition coefficient (Wildman–Crippen LogP) is 2.51. The maximum absolute atomic E-state index is 13.5. The number of rotatable bonds is 10. The van der Waals surface area contributed by atoms with Crippen molar-refractivity contribution in [1.29, 1.82) is 0 Å². The van der Waals surface area contributed by atoms with Crippen LogP contribution >= 0.6 is 0 Å². The van der Waals surface area contributed by atoms with E-state index in [1.165, 1.54) is 6.07 Å². The van der Waals surface area contributed by atoms with Crippen LogP contribution in [-0.4, -0.2) is 38.7 Å². The maximum atomic E-state index is 13.5. The summed E-state index contributed by atoms with van der Waals surface area (Å²) in [6, 6.07) is 13.4. The van der Waals surface area contributed by atoms with E-state index in [9.17, 15) is 14.0 Å². The Morgan fingerprint density at radius 3 is 2.48 bits per heavy atom. The third-order valence-corrected chi connectivity index (χ3v) is 3.67. The molecular weight excluding hydrogens is 353 g/mol. The van der Waals surface area contributed by atoms with Gasteiger partial charge in [-0.25, -0.2) is 4.39 Å². The SMILES string of the molecule is COc1ccccc1OCCNC(=O)COC(=O)CCc1ccccc1F. The quantitative estimate of drug-likeness (QED) is 0.510. The van der Waals surface area contributed by atoms with E-state index < -0.39 is 11.9 Å². The molecule has 1 amide bonds. The van der Waals surface area contributed by atoms with E-state index in [1.807, 2.05) is 12.1 Å². The molecule has 6 nitrogen and oxygen atoms in total. The van der Waals surface area contributed by atoms with Gasteiger partial charge in [-0.3, -0.25) is 9.59 Å². The minimum absolute atomic E-state index is 0.00509. The Morgan fingerprint density at radius 2 is 1.74 bits per heavy atom. The second kappa shape index (κ2) is 10.8. The monoisotopic (exact) mass is 375 g/mol. The van der Waals surface area contributed by atoms with Gasteiger partial charge in [-0.05, 0) is 30.2 Å². The minimum atomic E-state index is -0.557. The van der Waals surface area contributed by atoms with E-state index >= 15 is 0 Å². The van der Waals surface area contributed by atoms with Crippen molar-refractivity contribution in [3.8, 4) is 11.5 Å². The first-order valence-electron chi connectivity index (χ1n) is 8.51. The molecule has 0 spiro atoms. The zero-order valence-corrected chi connectivity index (χ0v) is 15.1. The predicted molar refractivity (Wildman–Crippen MR) is 97.2 cm³/mol. The Hall–Kier alpha value is -3.09. The van der Waals surface area contributed by atoms with Gasteiger partial charge < -0.3 is 19.5 Å². The van der Waals surface area contributed by atoms with Crippen molar-refractivity contribution in [1.82, 2.24) is 5.32 Å². The number of ether oxygens (including phenoxy) is 3. The van der Waals surface area contributed by atoms with E-state index in [2.05, 4.69) is 5.32 Å². The molecule has 0 bridgehead atoms. The van der Waals surface area contributed by atoms with Crippen molar-refractivity contribution in [2.75, 3.05) is 26.9 Å². The van der Waals surface area contributed by atoms with Crippen molar-refractivity contribution < 1.29 is 28.2 Å². The molecule has 0 unspecified atom stereocenters. The first kappa shape index (κ1) is 20.2. The summed E-state index contributed by atoms with van der Waals surface area (Å²) in [5.74, 6) is -0.170. The average molecular weight is 375 g/mol. The van der Waals surface area contributed by atoms with Gasteiger partial charge in [0.2, 0.25) is 0 Å². The lowest BCUT2D eigenvalue weighted by Crippen LogP contribution is -2.32. The van der Waals surface area contributed by atoms with Crippen LogP contribution in [0.15, 0.2) is 48.5 Å². The molecule has 0 fully saturated rings. The number of benzene rings is 2. The molecule has 27 heavy (non-hydrogen) atoms. The average Bonchev–Trinajstić information content (AvgIpc) is 2.69. The Balaban J connectivity index is 1.60. The van der Waals surface area contributed by atoms with Crippen LogP contribution in [0, 0.1) is 5.82 Å². The van der Waals surface area contributed by atoms with Gasteiger partial charge in [0.05, 0.1) is 13.7 Å². The van der Waals surface area contributed by atoms with Crippen LogP contribution < -0.4 is 14.8 Å². The highest BCUT2D eigenvalue weighted by Gasteiger charge is 2.09. The highest BCUT2D eigenvalue weighted by Crippen LogP contribution is 2.25. The lowest BCUT2D eigenvalue weighted by Gasteiger charge is -2.11. The number of nitrogens with one attached hydrogen (secondary N) is 1. The van der Waals surface area contributed by atoms with E-state index in [0.717, 1.165) is 0 Å². The topological polar surface area (TPSA) is 73.9 Å². The first-order chi connectivity index (χ1) is 13.1. The fraction of sp³-hybridized carbons (Fsp3) is 0.300. The molecule has 1 N–H and O–H groups in total. The van der Waals surface area contributed by atoms with Crippen LogP contribution in [0.3, 0.4) is 0 Å². The molecule has 2 rings (SSSR count). The van der Waals surface area contributed by atoms with E-state index in [1.54, 1.807) is 37.4 Å². The Labute approximate surface area is 157 Å². The summed E-state index contributed by atoms with van der Waals surface area (Å²) in [6.45, 7) is 0.113. The Kier molecular flexibility index (Phi) is 8.09. The summed E-state index contributed by atoms with van der Waals surface area (Å²) in [4.78, 5) is 23.3. The van der Waals surface area contributed by atoms with Gasteiger partial charge in [-0.2, -0.15) is 0 Å². The molecule has 0 radical (unpaired) electrons. The lowest BCUT2D eigenvalue weighted by molar-refractivity contribution is -0.148. The zero-order valence-electron chi connectivity index (χ0n) is 15.1. The maximum Gasteiger partial charge on any atom is 0.306 e. The molecule has 0 saturated heterocycles. The summed E-state index contributed by atoms with van der Waals surface area (Å²) in [5.41, 5.74) is 0.437. The fourth-order valence-corrected chi connectivity index (χ4v) is 2.30. The largest absolute Gasteiger partial charge is 0.493 e. The molecule has 0 aliphatic heterocycles. The van der Waals surface area contributed by atoms with Crippen molar-refractivity contribution in [3.05, 3.63) is 59.9 Å². The number of aryl methyl sites for hydroxylation is 1. The number of hydrogen-bond donors (Lipinski definition) is 1. The van der Waals surface area contributed by atoms with Gasteiger partial charge in [-0.1, -0.05) is 30.3 Å². The molecule has 0 aliphatic rings. The van der Waals surface area contributed by atoms with E-state index in [0.29, 0.717) is 17.1 Å². The molecular formula is C20H22FNO5. The van der Waals surface area contributed by atoms with Crippen LogP contribution in [0.25, 0.3) is 0 Å². The van der Waals surface area contributed by atoms with E-state index in [-0.39, 0.29) is 38.4 Å². The second-order valence-corrected chi connectivity index (χ2v) is 5.60. The Morgan fingerprint density at radius 1 is 1.04 bits per heavy atom. The third kappa shape index (κ3) is 6.97. The third-order valence-electron chi connectivity index (χ3n) is 3.67. The summed E-state index contributed by atoms with van der Waals surface area (Å²) in [6.07, 6.45) is 0.227. The van der Waals surface area contributed by atoms with Crippen molar-refractivity contribution >= 4 is 11.9 Å².